The SMILES string of the molecule is CC(C)(C)c1ncc2c(n1)C1(C)CCC2C1(C)C. The molecule has 0 aromatic carbocycles. The Bertz CT molecular complexity index is 510. The molecule has 2 unspecified atom stereocenters. The van der Waals surface area contributed by atoms with Gasteiger partial charge in [-0.3, -0.25) is 0 Å². The summed E-state index contributed by atoms with van der Waals surface area (Å²) in [6.45, 7) is 13.8. The minimum atomic E-state index is 0.0391. The van der Waals surface area contributed by atoms with E-state index in [1.807, 2.05) is 0 Å². The van der Waals surface area contributed by atoms with Gasteiger partial charge in [0.15, 0.2) is 0 Å². The molecule has 1 aromatic heterocycles. The van der Waals surface area contributed by atoms with Crippen molar-refractivity contribution in [3.05, 3.63) is 23.3 Å². The Kier molecular flexibility index (Phi) is 2.12. The molecule has 2 atom stereocenters. The van der Waals surface area contributed by atoms with Crippen molar-refractivity contribution in [1.29, 1.82) is 0 Å². The van der Waals surface area contributed by atoms with Crippen molar-refractivity contribution >= 4 is 0 Å². The number of hydrogen-bond acceptors (Lipinski definition) is 2. The minimum Gasteiger partial charge on any atom is -0.240 e. The Morgan fingerprint density at radius 3 is 2.50 bits per heavy atom. The van der Waals surface area contributed by atoms with E-state index in [1.54, 1.807) is 0 Å². The van der Waals surface area contributed by atoms with E-state index in [0.717, 1.165) is 5.82 Å². The van der Waals surface area contributed by atoms with Gasteiger partial charge in [0.25, 0.3) is 0 Å². The largest absolute Gasteiger partial charge is 0.240 e. The fraction of sp³-hybridized carbons (Fsp3) is 0.750. The lowest BCUT2D eigenvalue weighted by atomic mass is 9.70. The van der Waals surface area contributed by atoms with Gasteiger partial charge in [-0.1, -0.05) is 41.5 Å². The molecule has 2 heteroatoms. The monoisotopic (exact) mass is 244 g/mol. The molecule has 2 nitrogen and oxygen atoms in total. The van der Waals surface area contributed by atoms with Crippen molar-refractivity contribution in [3.8, 4) is 0 Å². The molecular formula is C16H24N2. The topological polar surface area (TPSA) is 25.8 Å². The Morgan fingerprint density at radius 2 is 1.89 bits per heavy atom. The van der Waals surface area contributed by atoms with Crippen molar-refractivity contribution in [2.24, 2.45) is 5.41 Å². The van der Waals surface area contributed by atoms with Gasteiger partial charge in [-0.25, -0.2) is 9.97 Å². The molecule has 2 aliphatic carbocycles. The summed E-state index contributed by atoms with van der Waals surface area (Å²) in [6, 6.07) is 0. The third-order valence-corrected chi connectivity index (χ3v) is 5.61. The van der Waals surface area contributed by atoms with Crippen LogP contribution in [0.4, 0.5) is 0 Å². The first kappa shape index (κ1) is 12.1. The first-order valence-electron chi connectivity index (χ1n) is 7.06. The summed E-state index contributed by atoms with van der Waals surface area (Å²) in [4.78, 5) is 9.59. The predicted octanol–water partition coefficient (Wildman–Crippen LogP) is 3.95. The number of rotatable bonds is 0. The molecule has 0 saturated heterocycles. The van der Waals surface area contributed by atoms with E-state index in [1.165, 1.54) is 24.1 Å². The van der Waals surface area contributed by atoms with Gasteiger partial charge in [-0.05, 0) is 29.7 Å². The molecular weight excluding hydrogens is 220 g/mol. The van der Waals surface area contributed by atoms with Crippen LogP contribution in [0.1, 0.15) is 77.4 Å². The van der Waals surface area contributed by atoms with Gasteiger partial charge in [0.05, 0.1) is 5.69 Å². The van der Waals surface area contributed by atoms with Crippen molar-refractivity contribution in [3.63, 3.8) is 0 Å². The van der Waals surface area contributed by atoms with Crippen LogP contribution in [-0.4, -0.2) is 9.97 Å². The normalized spacial score (nSPS) is 32.7. The highest BCUT2D eigenvalue weighted by Crippen LogP contribution is 2.66. The molecule has 0 radical (unpaired) electrons. The summed E-state index contributed by atoms with van der Waals surface area (Å²) in [6.07, 6.45) is 4.69. The zero-order chi connectivity index (χ0) is 13.3. The molecule has 1 saturated carbocycles. The second kappa shape index (κ2) is 3.15. The van der Waals surface area contributed by atoms with Crippen LogP contribution in [0.5, 0.6) is 0 Å². The highest BCUT2D eigenvalue weighted by atomic mass is 14.9. The molecule has 3 rings (SSSR count). The van der Waals surface area contributed by atoms with E-state index >= 15 is 0 Å². The molecule has 18 heavy (non-hydrogen) atoms. The Balaban J connectivity index is 2.20. The highest BCUT2D eigenvalue weighted by Gasteiger charge is 2.60. The van der Waals surface area contributed by atoms with Crippen molar-refractivity contribution in [1.82, 2.24) is 9.97 Å². The fourth-order valence-electron chi connectivity index (χ4n) is 3.92. The van der Waals surface area contributed by atoms with E-state index in [2.05, 4.69) is 52.7 Å². The third-order valence-electron chi connectivity index (χ3n) is 5.61. The molecule has 0 aliphatic heterocycles. The van der Waals surface area contributed by atoms with Crippen LogP contribution in [0.15, 0.2) is 6.20 Å². The smallest absolute Gasteiger partial charge is 0.133 e. The summed E-state index contributed by atoms with van der Waals surface area (Å²) >= 11 is 0. The summed E-state index contributed by atoms with van der Waals surface area (Å²) in [5.74, 6) is 1.65. The van der Waals surface area contributed by atoms with Gasteiger partial charge >= 0.3 is 0 Å². The lowest BCUT2D eigenvalue weighted by Crippen LogP contribution is -2.32. The lowest BCUT2D eigenvalue weighted by Gasteiger charge is -2.34. The molecule has 2 bridgehead atoms. The zero-order valence-electron chi connectivity index (χ0n) is 12.5. The number of nitrogens with zero attached hydrogens (tertiary/aromatic N) is 2. The molecule has 0 N–H and O–H groups in total. The zero-order valence-corrected chi connectivity index (χ0v) is 12.5. The van der Waals surface area contributed by atoms with Gasteiger partial charge < -0.3 is 0 Å². The van der Waals surface area contributed by atoms with Crippen LogP contribution in [0.3, 0.4) is 0 Å². The molecule has 98 valence electrons. The summed E-state index contributed by atoms with van der Waals surface area (Å²) < 4.78 is 0. The summed E-state index contributed by atoms with van der Waals surface area (Å²) in [5.41, 5.74) is 3.37. The molecule has 0 amide bonds. The van der Waals surface area contributed by atoms with Crippen LogP contribution in [0.25, 0.3) is 0 Å². The number of aromatic nitrogens is 2. The summed E-state index contributed by atoms with van der Waals surface area (Å²) in [5, 5.41) is 0. The van der Waals surface area contributed by atoms with Crippen LogP contribution in [0.2, 0.25) is 0 Å². The predicted molar refractivity (Wildman–Crippen MR) is 73.8 cm³/mol. The van der Waals surface area contributed by atoms with E-state index < -0.39 is 0 Å². The Hall–Kier alpha value is -0.920. The Morgan fingerprint density at radius 1 is 1.22 bits per heavy atom. The number of fused-ring (bicyclic) bond motifs is 5. The first-order chi connectivity index (χ1) is 8.18. The van der Waals surface area contributed by atoms with Crippen LogP contribution in [0, 0.1) is 5.41 Å². The fourth-order valence-corrected chi connectivity index (χ4v) is 3.92. The van der Waals surface area contributed by atoms with E-state index in [-0.39, 0.29) is 10.8 Å². The molecule has 0 spiro atoms. The van der Waals surface area contributed by atoms with Crippen molar-refractivity contribution < 1.29 is 0 Å². The summed E-state index contributed by atoms with van der Waals surface area (Å²) in [7, 11) is 0. The second-order valence-electron chi connectivity index (χ2n) is 7.89. The quantitative estimate of drug-likeness (QED) is 0.690. The second-order valence-corrected chi connectivity index (χ2v) is 7.89. The van der Waals surface area contributed by atoms with E-state index in [9.17, 15) is 0 Å². The number of hydrogen-bond donors (Lipinski definition) is 0. The highest BCUT2D eigenvalue weighted by molar-refractivity contribution is 5.44. The van der Waals surface area contributed by atoms with Gasteiger partial charge in [0.2, 0.25) is 0 Å². The van der Waals surface area contributed by atoms with Gasteiger partial charge in [-0.15, -0.1) is 0 Å². The maximum absolute atomic E-state index is 4.96. The molecule has 1 aromatic rings. The minimum absolute atomic E-state index is 0.0391. The van der Waals surface area contributed by atoms with Gasteiger partial charge in [-0.2, -0.15) is 0 Å². The van der Waals surface area contributed by atoms with Crippen molar-refractivity contribution in [2.75, 3.05) is 0 Å². The average molecular weight is 244 g/mol. The maximum atomic E-state index is 4.96. The maximum Gasteiger partial charge on any atom is 0.133 e. The average Bonchev–Trinajstić information content (AvgIpc) is 2.58. The van der Waals surface area contributed by atoms with Gasteiger partial charge in [0, 0.05) is 17.0 Å². The Labute approximate surface area is 110 Å². The van der Waals surface area contributed by atoms with Gasteiger partial charge in [0.1, 0.15) is 5.82 Å². The molecule has 1 fully saturated rings. The molecule has 1 heterocycles. The lowest BCUT2D eigenvalue weighted by molar-refractivity contribution is 0.226. The van der Waals surface area contributed by atoms with Crippen LogP contribution < -0.4 is 0 Å². The van der Waals surface area contributed by atoms with Crippen LogP contribution >= 0.6 is 0 Å². The molecule has 2 aliphatic rings. The first-order valence-corrected chi connectivity index (χ1v) is 7.06. The van der Waals surface area contributed by atoms with Crippen molar-refractivity contribution in [2.45, 2.75) is 71.1 Å². The standard InChI is InChI=1S/C16H24N2/c1-14(2,3)13-17-9-10-11-7-8-16(6,12(10)18-13)15(11,4)5/h9,11H,7-8H2,1-6H3. The van der Waals surface area contributed by atoms with Crippen LogP contribution in [-0.2, 0) is 10.8 Å². The van der Waals surface area contributed by atoms with E-state index in [0.29, 0.717) is 11.3 Å². The van der Waals surface area contributed by atoms with E-state index in [4.69, 9.17) is 4.98 Å². The third kappa shape index (κ3) is 1.24.